The maximum absolute atomic E-state index is 12.6. The van der Waals surface area contributed by atoms with Crippen LogP contribution >= 0.6 is 0 Å². The Morgan fingerprint density at radius 1 is 1.19 bits per heavy atom. The highest BCUT2D eigenvalue weighted by molar-refractivity contribution is 6.06. The SMILES string of the molecule is COC(=O)c1c(-c2cnn(CC34CC5CC(CC(C5)C3)C4)c2C)cnc2[nH]c(=O)oc12. The summed E-state index contributed by atoms with van der Waals surface area (Å²) in [4.78, 5) is 31.1. The van der Waals surface area contributed by atoms with Gasteiger partial charge in [-0.15, -0.1) is 0 Å². The predicted molar refractivity (Wildman–Crippen MR) is 113 cm³/mol. The van der Waals surface area contributed by atoms with Crippen molar-refractivity contribution in [1.82, 2.24) is 19.7 Å². The van der Waals surface area contributed by atoms with Crippen LogP contribution in [-0.4, -0.2) is 32.8 Å². The fourth-order valence-electron chi connectivity index (χ4n) is 7.08. The Morgan fingerprint density at radius 3 is 2.52 bits per heavy atom. The van der Waals surface area contributed by atoms with Crippen molar-refractivity contribution in [3.05, 3.63) is 34.2 Å². The van der Waals surface area contributed by atoms with Gasteiger partial charge in [0.15, 0.2) is 11.2 Å². The third kappa shape index (κ3) is 2.87. The number of ether oxygens (including phenoxy) is 1. The standard InChI is InChI=1S/C23H26N4O4/c1-12-16(17-9-24-20-19(31-22(29)26-20)18(17)21(28)30-2)10-25-27(12)11-23-6-13-3-14(7-23)5-15(4-13)8-23/h9-10,13-15H,3-8,11H2,1-2H3,(H,24,26,29). The van der Waals surface area contributed by atoms with Crippen molar-refractivity contribution in [2.24, 2.45) is 23.2 Å². The van der Waals surface area contributed by atoms with Crippen LogP contribution in [0.5, 0.6) is 0 Å². The first-order chi connectivity index (χ1) is 14.9. The highest BCUT2D eigenvalue weighted by atomic mass is 16.5. The fraction of sp³-hybridized carbons (Fsp3) is 0.565. The van der Waals surface area contributed by atoms with E-state index in [9.17, 15) is 9.59 Å². The Morgan fingerprint density at radius 2 is 1.87 bits per heavy atom. The molecular weight excluding hydrogens is 396 g/mol. The van der Waals surface area contributed by atoms with Gasteiger partial charge in [0.25, 0.3) is 0 Å². The second-order valence-electron chi connectivity index (χ2n) is 9.95. The molecule has 0 unspecified atom stereocenters. The minimum Gasteiger partial charge on any atom is -0.465 e. The van der Waals surface area contributed by atoms with Gasteiger partial charge in [0.1, 0.15) is 5.56 Å². The Kier molecular flexibility index (Phi) is 3.98. The number of hydrogen-bond acceptors (Lipinski definition) is 6. The molecule has 7 rings (SSSR count). The normalized spacial score (nSPS) is 29.0. The smallest absolute Gasteiger partial charge is 0.418 e. The molecule has 4 fully saturated rings. The molecule has 1 N–H and O–H groups in total. The molecule has 0 saturated heterocycles. The molecule has 0 radical (unpaired) electrons. The molecule has 0 atom stereocenters. The number of H-pyrrole nitrogens is 1. The predicted octanol–water partition coefficient (Wildman–Crippen LogP) is 3.69. The fourth-order valence-corrected chi connectivity index (χ4v) is 7.08. The summed E-state index contributed by atoms with van der Waals surface area (Å²) in [5.74, 6) is 1.43. The van der Waals surface area contributed by atoms with E-state index >= 15 is 0 Å². The summed E-state index contributed by atoms with van der Waals surface area (Å²) in [5.41, 5.74) is 3.25. The average Bonchev–Trinajstić information content (AvgIpc) is 3.27. The van der Waals surface area contributed by atoms with Crippen molar-refractivity contribution < 1.29 is 13.9 Å². The van der Waals surface area contributed by atoms with Crippen molar-refractivity contribution in [3.8, 4) is 11.1 Å². The molecule has 3 heterocycles. The first-order valence-corrected chi connectivity index (χ1v) is 11.1. The Bertz CT molecular complexity index is 1210. The number of fused-ring (bicyclic) bond motifs is 1. The third-order valence-electron chi connectivity index (χ3n) is 7.88. The molecule has 0 aliphatic heterocycles. The van der Waals surface area contributed by atoms with E-state index in [0.29, 0.717) is 11.0 Å². The number of pyridine rings is 1. The number of carbonyl (C=O) groups is 1. The van der Waals surface area contributed by atoms with Gasteiger partial charge in [-0.1, -0.05) is 0 Å². The van der Waals surface area contributed by atoms with Gasteiger partial charge in [-0.3, -0.25) is 9.67 Å². The van der Waals surface area contributed by atoms with E-state index in [1.165, 1.54) is 45.6 Å². The van der Waals surface area contributed by atoms with E-state index in [-0.39, 0.29) is 16.8 Å². The largest absolute Gasteiger partial charge is 0.465 e. The summed E-state index contributed by atoms with van der Waals surface area (Å²) in [6, 6.07) is 0. The number of nitrogens with one attached hydrogen (secondary N) is 1. The molecule has 31 heavy (non-hydrogen) atoms. The molecule has 4 aliphatic carbocycles. The summed E-state index contributed by atoms with van der Waals surface area (Å²) in [7, 11) is 1.31. The van der Waals surface area contributed by atoms with Crippen LogP contribution in [0.15, 0.2) is 21.6 Å². The number of carbonyl (C=O) groups excluding carboxylic acids is 1. The molecule has 8 nitrogen and oxygen atoms in total. The van der Waals surface area contributed by atoms with E-state index in [2.05, 4.69) is 14.6 Å². The van der Waals surface area contributed by atoms with E-state index in [0.717, 1.165) is 35.6 Å². The summed E-state index contributed by atoms with van der Waals surface area (Å²) in [6.07, 6.45) is 11.5. The van der Waals surface area contributed by atoms with Crippen LogP contribution in [0.2, 0.25) is 0 Å². The van der Waals surface area contributed by atoms with E-state index in [1.807, 2.05) is 6.92 Å². The topological polar surface area (TPSA) is 103 Å². The first-order valence-electron chi connectivity index (χ1n) is 11.1. The highest BCUT2D eigenvalue weighted by Crippen LogP contribution is 2.60. The number of methoxy groups -OCH3 is 1. The van der Waals surface area contributed by atoms with Crippen LogP contribution < -0.4 is 5.76 Å². The maximum atomic E-state index is 12.6. The van der Waals surface area contributed by atoms with Gasteiger partial charge in [-0.25, -0.2) is 14.6 Å². The lowest BCUT2D eigenvalue weighted by Gasteiger charge is -2.56. The number of oxazole rings is 1. The van der Waals surface area contributed by atoms with Gasteiger partial charge < -0.3 is 9.15 Å². The Hall–Kier alpha value is -2.90. The van der Waals surface area contributed by atoms with Crippen molar-refractivity contribution in [2.45, 2.75) is 52.0 Å². The zero-order valence-corrected chi connectivity index (χ0v) is 17.8. The van der Waals surface area contributed by atoms with Gasteiger partial charge >= 0.3 is 11.7 Å². The number of nitrogens with zero attached hydrogens (tertiary/aromatic N) is 3. The van der Waals surface area contributed by atoms with Crippen molar-refractivity contribution >= 4 is 17.2 Å². The summed E-state index contributed by atoms with van der Waals surface area (Å²) in [6.45, 7) is 2.95. The van der Waals surface area contributed by atoms with Gasteiger partial charge in [-0.2, -0.15) is 5.10 Å². The van der Waals surface area contributed by atoms with E-state index in [1.54, 1.807) is 12.4 Å². The lowest BCUT2D eigenvalue weighted by atomic mass is 9.49. The molecule has 0 amide bonds. The molecule has 4 saturated carbocycles. The van der Waals surface area contributed by atoms with Crippen LogP contribution in [0.1, 0.15) is 54.6 Å². The number of aromatic amines is 1. The molecule has 3 aromatic heterocycles. The number of hydrogen-bond donors (Lipinski definition) is 1. The monoisotopic (exact) mass is 422 g/mol. The highest BCUT2D eigenvalue weighted by Gasteiger charge is 2.51. The summed E-state index contributed by atoms with van der Waals surface area (Å²) >= 11 is 0. The minimum absolute atomic E-state index is 0.114. The summed E-state index contributed by atoms with van der Waals surface area (Å²) < 4.78 is 12.3. The van der Waals surface area contributed by atoms with Crippen molar-refractivity contribution in [2.75, 3.05) is 7.11 Å². The van der Waals surface area contributed by atoms with Crippen LogP contribution in [0.25, 0.3) is 22.4 Å². The van der Waals surface area contributed by atoms with Crippen LogP contribution in [0, 0.1) is 30.1 Å². The Labute approximate surface area is 179 Å². The second-order valence-corrected chi connectivity index (χ2v) is 9.95. The molecule has 3 aromatic rings. The zero-order chi connectivity index (χ0) is 21.3. The first kappa shape index (κ1) is 18.8. The maximum Gasteiger partial charge on any atom is 0.418 e. The van der Waals surface area contributed by atoms with Gasteiger partial charge in [0.2, 0.25) is 0 Å². The second kappa shape index (κ2) is 6.55. The lowest BCUT2D eigenvalue weighted by molar-refractivity contribution is -0.0638. The molecule has 8 heteroatoms. The van der Waals surface area contributed by atoms with Crippen molar-refractivity contribution in [3.63, 3.8) is 0 Å². The molecule has 0 spiro atoms. The lowest BCUT2D eigenvalue weighted by Crippen LogP contribution is -2.48. The molecule has 162 valence electrons. The van der Waals surface area contributed by atoms with Gasteiger partial charge in [0, 0.05) is 29.6 Å². The third-order valence-corrected chi connectivity index (χ3v) is 7.88. The quantitative estimate of drug-likeness (QED) is 0.643. The van der Waals surface area contributed by atoms with E-state index < -0.39 is 11.7 Å². The van der Waals surface area contributed by atoms with Crippen molar-refractivity contribution in [1.29, 1.82) is 0 Å². The average molecular weight is 422 g/mol. The summed E-state index contributed by atoms with van der Waals surface area (Å²) in [5, 5.41) is 4.72. The van der Waals surface area contributed by atoms with Crippen LogP contribution in [-0.2, 0) is 11.3 Å². The molecule has 4 aliphatic rings. The molecular formula is C23H26N4O4. The van der Waals surface area contributed by atoms with Gasteiger partial charge in [0.05, 0.1) is 13.3 Å². The molecule has 4 bridgehead atoms. The number of aromatic nitrogens is 4. The van der Waals surface area contributed by atoms with Gasteiger partial charge in [-0.05, 0) is 68.6 Å². The minimum atomic E-state index is -0.654. The van der Waals surface area contributed by atoms with Crippen LogP contribution in [0.4, 0.5) is 0 Å². The zero-order valence-electron chi connectivity index (χ0n) is 17.8. The Balaban J connectivity index is 1.40. The number of esters is 1. The number of rotatable bonds is 4. The molecule has 0 aromatic carbocycles. The van der Waals surface area contributed by atoms with E-state index in [4.69, 9.17) is 14.3 Å². The van der Waals surface area contributed by atoms with Crippen LogP contribution in [0.3, 0.4) is 0 Å².